The number of unbranched alkanes of at least 4 members (excludes halogenated alkanes) is 1. The van der Waals surface area contributed by atoms with Gasteiger partial charge in [-0.3, -0.25) is 4.79 Å². The minimum atomic E-state index is 0.0917. The molecule has 116 valence electrons. The number of carbonyl (C=O) groups is 1. The number of hydrogen-bond donors (Lipinski definition) is 1. The molecule has 1 saturated heterocycles. The molecule has 0 aromatic carbocycles. The van der Waals surface area contributed by atoms with Crippen molar-refractivity contribution in [3.05, 3.63) is 0 Å². The fraction of sp³-hybridized carbons (Fsp3) is 0.938. The summed E-state index contributed by atoms with van der Waals surface area (Å²) in [4.78, 5) is 14.6. The zero-order chi connectivity index (χ0) is 14.4. The molecule has 1 amide bonds. The Balaban J connectivity index is 1.81. The lowest BCUT2D eigenvalue weighted by atomic mass is 9.79. The lowest BCUT2D eigenvalue weighted by Gasteiger charge is -2.38. The Morgan fingerprint density at radius 3 is 2.70 bits per heavy atom. The van der Waals surface area contributed by atoms with Crippen molar-refractivity contribution in [1.29, 1.82) is 0 Å². The molecule has 1 unspecified atom stereocenters. The molecule has 0 bridgehead atoms. The molecule has 20 heavy (non-hydrogen) atoms. The van der Waals surface area contributed by atoms with Gasteiger partial charge in [-0.2, -0.15) is 0 Å². The molecule has 0 aromatic heterocycles. The Bertz CT molecular complexity index is 301. The van der Waals surface area contributed by atoms with Crippen molar-refractivity contribution in [3.63, 3.8) is 0 Å². The summed E-state index contributed by atoms with van der Waals surface area (Å²) in [7, 11) is 0. The largest absolute Gasteiger partial charge is 0.377 e. The van der Waals surface area contributed by atoms with Crippen LogP contribution in [0.15, 0.2) is 0 Å². The highest BCUT2D eigenvalue weighted by Gasteiger charge is 2.33. The van der Waals surface area contributed by atoms with E-state index in [1.54, 1.807) is 0 Å². The average Bonchev–Trinajstić information content (AvgIpc) is 2.52. The summed E-state index contributed by atoms with van der Waals surface area (Å²) in [5.41, 5.74) is 5.76. The van der Waals surface area contributed by atoms with Crippen LogP contribution in [0.4, 0.5) is 0 Å². The fourth-order valence-electron chi connectivity index (χ4n) is 3.57. The minimum Gasteiger partial charge on any atom is -0.377 e. The highest BCUT2D eigenvalue weighted by molar-refractivity contribution is 5.79. The SMILES string of the molecule is CCCCC1CCC(C(=O)N2CCOCC2CN)CC1. The summed E-state index contributed by atoms with van der Waals surface area (Å²) in [6.45, 7) is 4.75. The van der Waals surface area contributed by atoms with Crippen molar-refractivity contribution in [2.75, 3.05) is 26.3 Å². The van der Waals surface area contributed by atoms with E-state index in [4.69, 9.17) is 10.5 Å². The van der Waals surface area contributed by atoms with Gasteiger partial charge in [0.05, 0.1) is 19.3 Å². The minimum absolute atomic E-state index is 0.0917. The molecule has 2 fully saturated rings. The van der Waals surface area contributed by atoms with E-state index in [-0.39, 0.29) is 12.0 Å². The molecule has 1 aliphatic heterocycles. The second-order valence-corrected chi connectivity index (χ2v) is 6.36. The summed E-state index contributed by atoms with van der Waals surface area (Å²) in [6, 6.07) is 0.0917. The first-order chi connectivity index (χ1) is 9.76. The van der Waals surface area contributed by atoms with E-state index in [0.717, 1.165) is 25.3 Å². The van der Waals surface area contributed by atoms with Crippen LogP contribution in [0, 0.1) is 11.8 Å². The second-order valence-electron chi connectivity index (χ2n) is 6.36. The predicted octanol–water partition coefficient (Wildman–Crippen LogP) is 2.17. The van der Waals surface area contributed by atoms with E-state index >= 15 is 0 Å². The molecular formula is C16H30N2O2. The molecule has 1 saturated carbocycles. The molecule has 2 aliphatic rings. The van der Waals surface area contributed by atoms with Crippen LogP contribution in [0.2, 0.25) is 0 Å². The number of nitrogens with zero attached hydrogens (tertiary/aromatic N) is 1. The summed E-state index contributed by atoms with van der Waals surface area (Å²) in [5, 5.41) is 0. The first-order valence-corrected chi connectivity index (χ1v) is 8.34. The zero-order valence-corrected chi connectivity index (χ0v) is 12.9. The Hall–Kier alpha value is -0.610. The maximum Gasteiger partial charge on any atom is 0.226 e. The van der Waals surface area contributed by atoms with Crippen LogP contribution in [0.5, 0.6) is 0 Å². The van der Waals surface area contributed by atoms with Crippen LogP contribution < -0.4 is 5.73 Å². The second kappa shape index (κ2) is 7.99. The molecule has 0 spiro atoms. The maximum absolute atomic E-state index is 12.7. The van der Waals surface area contributed by atoms with Gasteiger partial charge in [0.2, 0.25) is 5.91 Å². The molecular weight excluding hydrogens is 252 g/mol. The van der Waals surface area contributed by atoms with Gasteiger partial charge in [-0.05, 0) is 31.6 Å². The lowest BCUT2D eigenvalue weighted by Crippen LogP contribution is -2.54. The van der Waals surface area contributed by atoms with Gasteiger partial charge in [-0.25, -0.2) is 0 Å². The van der Waals surface area contributed by atoms with E-state index in [1.807, 2.05) is 4.90 Å². The molecule has 4 heteroatoms. The number of hydrogen-bond acceptors (Lipinski definition) is 3. The van der Waals surface area contributed by atoms with E-state index in [1.165, 1.54) is 32.1 Å². The Labute approximate surface area is 123 Å². The van der Waals surface area contributed by atoms with E-state index in [0.29, 0.717) is 25.7 Å². The highest BCUT2D eigenvalue weighted by atomic mass is 16.5. The summed E-state index contributed by atoms with van der Waals surface area (Å²) >= 11 is 0. The van der Waals surface area contributed by atoms with Gasteiger partial charge in [0, 0.05) is 19.0 Å². The van der Waals surface area contributed by atoms with Crippen molar-refractivity contribution in [3.8, 4) is 0 Å². The zero-order valence-electron chi connectivity index (χ0n) is 12.9. The van der Waals surface area contributed by atoms with E-state index < -0.39 is 0 Å². The van der Waals surface area contributed by atoms with Crippen LogP contribution in [-0.2, 0) is 9.53 Å². The van der Waals surface area contributed by atoms with E-state index in [9.17, 15) is 4.79 Å². The Kier molecular flexibility index (Phi) is 6.30. The average molecular weight is 282 g/mol. The number of rotatable bonds is 5. The van der Waals surface area contributed by atoms with Crippen molar-refractivity contribution >= 4 is 5.91 Å². The normalized spacial score (nSPS) is 31.3. The summed E-state index contributed by atoms with van der Waals surface area (Å²) in [5.74, 6) is 1.42. The van der Waals surface area contributed by atoms with Gasteiger partial charge in [0.1, 0.15) is 0 Å². The molecule has 1 heterocycles. The summed E-state index contributed by atoms with van der Waals surface area (Å²) in [6.07, 6.45) is 8.57. The molecule has 1 aliphatic carbocycles. The number of amides is 1. The van der Waals surface area contributed by atoms with Crippen LogP contribution in [0.3, 0.4) is 0 Å². The Morgan fingerprint density at radius 1 is 1.30 bits per heavy atom. The number of morpholine rings is 1. The fourth-order valence-corrected chi connectivity index (χ4v) is 3.57. The third-order valence-corrected chi connectivity index (χ3v) is 4.94. The monoisotopic (exact) mass is 282 g/mol. The van der Waals surface area contributed by atoms with Gasteiger partial charge in [-0.1, -0.05) is 26.2 Å². The highest BCUT2D eigenvalue weighted by Crippen LogP contribution is 2.33. The quantitative estimate of drug-likeness (QED) is 0.841. The van der Waals surface area contributed by atoms with Crippen molar-refractivity contribution in [2.45, 2.75) is 57.9 Å². The molecule has 2 rings (SSSR count). The van der Waals surface area contributed by atoms with Gasteiger partial charge in [-0.15, -0.1) is 0 Å². The van der Waals surface area contributed by atoms with Crippen LogP contribution in [0.1, 0.15) is 51.9 Å². The van der Waals surface area contributed by atoms with Gasteiger partial charge in [0.15, 0.2) is 0 Å². The molecule has 1 atom stereocenters. The van der Waals surface area contributed by atoms with Gasteiger partial charge < -0.3 is 15.4 Å². The van der Waals surface area contributed by atoms with Crippen molar-refractivity contribution in [1.82, 2.24) is 4.90 Å². The van der Waals surface area contributed by atoms with Gasteiger partial charge >= 0.3 is 0 Å². The molecule has 0 aromatic rings. The van der Waals surface area contributed by atoms with Crippen molar-refractivity contribution in [2.24, 2.45) is 17.6 Å². The first-order valence-electron chi connectivity index (χ1n) is 8.34. The standard InChI is InChI=1S/C16H30N2O2/c1-2-3-4-13-5-7-14(8-6-13)16(19)18-9-10-20-12-15(18)11-17/h13-15H,2-12,17H2,1H3. The van der Waals surface area contributed by atoms with Crippen LogP contribution in [0.25, 0.3) is 0 Å². The predicted molar refractivity (Wildman–Crippen MR) is 80.3 cm³/mol. The third-order valence-electron chi connectivity index (χ3n) is 4.94. The Morgan fingerprint density at radius 2 is 2.05 bits per heavy atom. The van der Waals surface area contributed by atoms with Crippen molar-refractivity contribution < 1.29 is 9.53 Å². The van der Waals surface area contributed by atoms with E-state index in [2.05, 4.69) is 6.92 Å². The number of carbonyl (C=O) groups excluding carboxylic acids is 1. The molecule has 2 N–H and O–H groups in total. The van der Waals surface area contributed by atoms with Gasteiger partial charge in [0.25, 0.3) is 0 Å². The number of nitrogens with two attached hydrogens (primary N) is 1. The molecule has 4 nitrogen and oxygen atoms in total. The topological polar surface area (TPSA) is 55.6 Å². The first kappa shape index (κ1) is 15.8. The molecule has 0 radical (unpaired) electrons. The third kappa shape index (κ3) is 3.95. The number of ether oxygens (including phenoxy) is 1. The van der Waals surface area contributed by atoms with Crippen LogP contribution >= 0.6 is 0 Å². The maximum atomic E-state index is 12.7. The van der Waals surface area contributed by atoms with Crippen LogP contribution in [-0.4, -0.2) is 43.2 Å². The lowest BCUT2D eigenvalue weighted by molar-refractivity contribution is -0.145. The smallest absolute Gasteiger partial charge is 0.226 e. The summed E-state index contributed by atoms with van der Waals surface area (Å²) < 4.78 is 5.43.